The van der Waals surface area contributed by atoms with Crippen molar-refractivity contribution in [3.05, 3.63) is 35.4 Å². The van der Waals surface area contributed by atoms with Gasteiger partial charge in [-0.3, -0.25) is 9.59 Å². The molecule has 0 aliphatic carbocycles. The molecule has 0 aliphatic rings. The van der Waals surface area contributed by atoms with Gasteiger partial charge in [-0.15, -0.1) is 0 Å². The maximum atomic E-state index is 11.0. The van der Waals surface area contributed by atoms with Crippen LogP contribution >= 0.6 is 0 Å². The SMILES string of the molecule is CC(=O)c1cccc(C(=O)C(=O)O)c1. The van der Waals surface area contributed by atoms with Gasteiger partial charge in [-0.2, -0.15) is 0 Å². The van der Waals surface area contributed by atoms with Gasteiger partial charge in [0.05, 0.1) is 0 Å². The number of rotatable bonds is 3. The molecule has 0 fully saturated rings. The first-order valence-corrected chi connectivity index (χ1v) is 3.91. The third kappa shape index (κ3) is 2.04. The van der Waals surface area contributed by atoms with Crippen molar-refractivity contribution < 1.29 is 19.5 Å². The predicted octanol–water partition coefficient (Wildman–Crippen LogP) is 1.16. The number of Topliss-reactive ketones (excluding diaryl/α,β-unsaturated/α-hetero) is 2. The van der Waals surface area contributed by atoms with Crippen LogP contribution in [-0.4, -0.2) is 22.6 Å². The first-order chi connectivity index (χ1) is 6.52. The summed E-state index contributed by atoms with van der Waals surface area (Å²) in [4.78, 5) is 32.3. The highest BCUT2D eigenvalue weighted by Gasteiger charge is 2.14. The molecule has 1 aromatic rings. The molecule has 0 unspecified atom stereocenters. The summed E-state index contributed by atoms with van der Waals surface area (Å²) in [6, 6.07) is 5.65. The van der Waals surface area contributed by atoms with Crippen molar-refractivity contribution in [1.29, 1.82) is 0 Å². The maximum absolute atomic E-state index is 11.0. The van der Waals surface area contributed by atoms with Gasteiger partial charge in [0, 0.05) is 11.1 Å². The van der Waals surface area contributed by atoms with Crippen LogP contribution in [0.1, 0.15) is 27.6 Å². The number of hydrogen-bond donors (Lipinski definition) is 1. The van der Waals surface area contributed by atoms with Crippen molar-refractivity contribution in [1.82, 2.24) is 0 Å². The monoisotopic (exact) mass is 192 g/mol. The minimum absolute atomic E-state index is 0.0187. The third-order valence-corrected chi connectivity index (χ3v) is 1.73. The molecule has 0 saturated heterocycles. The predicted molar refractivity (Wildman–Crippen MR) is 48.4 cm³/mol. The van der Waals surface area contributed by atoms with E-state index >= 15 is 0 Å². The number of carbonyl (C=O) groups excluding carboxylic acids is 2. The number of carboxylic acids is 1. The Hall–Kier alpha value is -1.97. The molecule has 72 valence electrons. The van der Waals surface area contributed by atoms with Crippen LogP contribution in [0.2, 0.25) is 0 Å². The van der Waals surface area contributed by atoms with Gasteiger partial charge in [-0.05, 0) is 13.0 Å². The van der Waals surface area contributed by atoms with Gasteiger partial charge >= 0.3 is 5.97 Å². The van der Waals surface area contributed by atoms with E-state index in [9.17, 15) is 14.4 Å². The largest absolute Gasteiger partial charge is 0.475 e. The average Bonchev–Trinajstić information content (AvgIpc) is 2.16. The van der Waals surface area contributed by atoms with Crippen LogP contribution in [0.15, 0.2) is 24.3 Å². The Balaban J connectivity index is 3.12. The summed E-state index contributed by atoms with van der Waals surface area (Å²) in [5, 5.41) is 8.43. The lowest BCUT2D eigenvalue weighted by Gasteiger charge is -1.98. The number of ketones is 2. The molecule has 0 aromatic heterocycles. The molecule has 0 heterocycles. The van der Waals surface area contributed by atoms with E-state index in [0.717, 1.165) is 0 Å². The number of hydrogen-bond acceptors (Lipinski definition) is 3. The highest BCUT2D eigenvalue weighted by Crippen LogP contribution is 2.06. The zero-order valence-corrected chi connectivity index (χ0v) is 7.48. The molecule has 0 saturated carbocycles. The van der Waals surface area contributed by atoms with Crippen molar-refractivity contribution in [2.24, 2.45) is 0 Å². The van der Waals surface area contributed by atoms with E-state index in [1.807, 2.05) is 0 Å². The van der Waals surface area contributed by atoms with Gasteiger partial charge < -0.3 is 5.11 Å². The number of carboxylic acid groups (broad SMARTS) is 1. The first kappa shape index (κ1) is 10.1. The summed E-state index contributed by atoms with van der Waals surface area (Å²) in [5.74, 6) is -2.73. The molecule has 0 aliphatic heterocycles. The van der Waals surface area contributed by atoms with E-state index in [4.69, 9.17) is 5.11 Å². The quantitative estimate of drug-likeness (QED) is 0.576. The van der Waals surface area contributed by atoms with Crippen molar-refractivity contribution in [3.63, 3.8) is 0 Å². The molecular formula is C10H8O4. The van der Waals surface area contributed by atoms with Gasteiger partial charge in [0.15, 0.2) is 5.78 Å². The summed E-state index contributed by atoms with van der Waals surface area (Å²) < 4.78 is 0. The summed E-state index contributed by atoms with van der Waals surface area (Å²) >= 11 is 0. The zero-order chi connectivity index (χ0) is 10.7. The van der Waals surface area contributed by atoms with E-state index in [1.54, 1.807) is 0 Å². The minimum atomic E-state index is -1.52. The maximum Gasteiger partial charge on any atom is 0.377 e. The Kier molecular flexibility index (Phi) is 2.76. The average molecular weight is 192 g/mol. The highest BCUT2D eigenvalue weighted by atomic mass is 16.4. The van der Waals surface area contributed by atoms with Crippen LogP contribution in [0.5, 0.6) is 0 Å². The molecule has 0 bridgehead atoms. The Morgan fingerprint density at radius 1 is 1.14 bits per heavy atom. The van der Waals surface area contributed by atoms with Crippen molar-refractivity contribution in [2.75, 3.05) is 0 Å². The normalized spacial score (nSPS) is 9.50. The smallest absolute Gasteiger partial charge is 0.377 e. The second-order valence-corrected chi connectivity index (χ2v) is 2.77. The fraction of sp³-hybridized carbons (Fsp3) is 0.100. The van der Waals surface area contributed by atoms with E-state index in [2.05, 4.69) is 0 Å². The number of aliphatic carboxylic acids is 1. The van der Waals surface area contributed by atoms with Gasteiger partial charge in [-0.25, -0.2) is 4.79 Å². The summed E-state index contributed by atoms with van der Waals surface area (Å²) in [5.41, 5.74) is 0.349. The van der Waals surface area contributed by atoms with Crippen LogP contribution in [0.25, 0.3) is 0 Å². The minimum Gasteiger partial charge on any atom is -0.475 e. The van der Waals surface area contributed by atoms with Crippen molar-refractivity contribution in [3.8, 4) is 0 Å². The lowest BCUT2D eigenvalue weighted by atomic mass is 10.1. The fourth-order valence-electron chi connectivity index (χ4n) is 1.00. The van der Waals surface area contributed by atoms with E-state index in [1.165, 1.54) is 31.2 Å². The number of carbonyl (C=O) groups is 3. The van der Waals surface area contributed by atoms with Gasteiger partial charge in [0.25, 0.3) is 5.78 Å². The van der Waals surface area contributed by atoms with Crippen LogP contribution in [-0.2, 0) is 4.79 Å². The van der Waals surface area contributed by atoms with Gasteiger partial charge in [-0.1, -0.05) is 18.2 Å². The highest BCUT2D eigenvalue weighted by molar-refractivity contribution is 6.40. The van der Waals surface area contributed by atoms with Crippen molar-refractivity contribution >= 4 is 17.5 Å². The van der Waals surface area contributed by atoms with Crippen LogP contribution in [0.4, 0.5) is 0 Å². The molecule has 4 nitrogen and oxygen atoms in total. The van der Waals surface area contributed by atoms with Crippen LogP contribution in [0.3, 0.4) is 0 Å². The van der Waals surface area contributed by atoms with Crippen LogP contribution in [0, 0.1) is 0 Å². The summed E-state index contributed by atoms with van der Waals surface area (Å²) in [7, 11) is 0. The molecule has 0 radical (unpaired) electrons. The molecule has 1 rings (SSSR count). The Morgan fingerprint density at radius 2 is 1.71 bits per heavy atom. The van der Waals surface area contributed by atoms with Gasteiger partial charge in [0.1, 0.15) is 0 Å². The van der Waals surface area contributed by atoms with E-state index in [-0.39, 0.29) is 11.3 Å². The fourth-order valence-corrected chi connectivity index (χ4v) is 1.00. The van der Waals surface area contributed by atoms with Gasteiger partial charge in [0.2, 0.25) is 0 Å². The Morgan fingerprint density at radius 3 is 2.21 bits per heavy atom. The van der Waals surface area contributed by atoms with E-state index < -0.39 is 11.8 Å². The van der Waals surface area contributed by atoms with Crippen LogP contribution < -0.4 is 0 Å². The topological polar surface area (TPSA) is 71.4 Å². The molecule has 1 N–H and O–H groups in total. The molecule has 4 heteroatoms. The van der Waals surface area contributed by atoms with Crippen molar-refractivity contribution in [2.45, 2.75) is 6.92 Å². The Labute approximate surface area is 80.2 Å². The first-order valence-electron chi connectivity index (χ1n) is 3.91. The molecule has 0 amide bonds. The molecule has 0 spiro atoms. The lowest BCUT2D eigenvalue weighted by molar-refractivity contribution is -0.131. The number of benzene rings is 1. The standard InChI is InChI=1S/C10H8O4/c1-6(11)7-3-2-4-8(5-7)9(12)10(13)14/h2-5H,1H3,(H,13,14). The second kappa shape index (κ2) is 3.83. The lowest BCUT2D eigenvalue weighted by Crippen LogP contribution is -2.13. The molecule has 1 aromatic carbocycles. The zero-order valence-electron chi connectivity index (χ0n) is 7.48. The summed E-state index contributed by atoms with van der Waals surface area (Å²) in [6.07, 6.45) is 0. The molecular weight excluding hydrogens is 184 g/mol. The Bertz CT molecular complexity index is 406. The molecule has 0 atom stereocenters. The second-order valence-electron chi connectivity index (χ2n) is 2.77. The summed E-state index contributed by atoms with van der Waals surface area (Å²) in [6.45, 7) is 1.35. The van der Waals surface area contributed by atoms with E-state index in [0.29, 0.717) is 5.56 Å². The molecule has 14 heavy (non-hydrogen) atoms. The third-order valence-electron chi connectivity index (χ3n) is 1.73.